The van der Waals surface area contributed by atoms with Crippen molar-refractivity contribution in [2.75, 3.05) is 13.2 Å². The van der Waals surface area contributed by atoms with Crippen molar-refractivity contribution in [3.05, 3.63) is 0 Å². The van der Waals surface area contributed by atoms with Gasteiger partial charge in [0.1, 0.15) is 6.10 Å². The van der Waals surface area contributed by atoms with E-state index >= 15 is 0 Å². The number of ether oxygens (including phenoxy) is 2. The quantitative estimate of drug-likeness (QED) is 0.516. The lowest BCUT2D eigenvalue weighted by Gasteiger charge is -2.38. The predicted octanol–water partition coefficient (Wildman–Crippen LogP) is 4.48. The SMILES string of the molecule is CCCCOC1CCC(C2CCC(OC(=O)C(C)(C)CO)CC2)CC1. The number of carbonyl (C=O) groups excluding carboxylic acids is 1. The third kappa shape index (κ3) is 6.25. The maximum Gasteiger partial charge on any atom is 0.314 e. The Hall–Kier alpha value is -0.610. The lowest BCUT2D eigenvalue weighted by atomic mass is 9.72. The molecule has 2 aliphatic rings. The summed E-state index contributed by atoms with van der Waals surface area (Å²) in [7, 11) is 0. The first-order valence-electron chi connectivity index (χ1n) is 10.4. The molecule has 4 nitrogen and oxygen atoms in total. The van der Waals surface area contributed by atoms with Gasteiger partial charge < -0.3 is 14.6 Å². The van der Waals surface area contributed by atoms with E-state index in [4.69, 9.17) is 9.47 Å². The molecule has 2 saturated carbocycles. The second-order valence-electron chi connectivity index (χ2n) is 8.75. The van der Waals surface area contributed by atoms with Gasteiger partial charge in [-0.1, -0.05) is 13.3 Å². The summed E-state index contributed by atoms with van der Waals surface area (Å²) < 4.78 is 11.6. The average Bonchev–Trinajstić information content (AvgIpc) is 2.63. The van der Waals surface area contributed by atoms with Gasteiger partial charge in [0.15, 0.2) is 0 Å². The molecule has 4 heteroatoms. The number of hydrogen-bond donors (Lipinski definition) is 1. The Morgan fingerprint density at radius 3 is 1.96 bits per heavy atom. The third-order valence-corrected chi connectivity index (χ3v) is 6.18. The minimum absolute atomic E-state index is 0.0447. The standard InChI is InChI=1S/C21H38O4/c1-4-5-14-24-18-10-6-16(7-11-18)17-8-12-19(13-9-17)25-20(23)21(2,3)15-22/h16-19,22H,4-15H2,1-3H3. The number of hydrogen-bond acceptors (Lipinski definition) is 4. The van der Waals surface area contributed by atoms with E-state index in [2.05, 4.69) is 6.92 Å². The molecule has 0 radical (unpaired) electrons. The molecule has 0 heterocycles. The normalized spacial score (nSPS) is 30.9. The Balaban J connectivity index is 1.66. The van der Waals surface area contributed by atoms with Crippen LogP contribution in [-0.4, -0.2) is 36.5 Å². The van der Waals surface area contributed by atoms with Gasteiger partial charge >= 0.3 is 5.97 Å². The first-order valence-corrected chi connectivity index (χ1v) is 10.4. The Labute approximate surface area is 153 Å². The highest BCUT2D eigenvalue weighted by atomic mass is 16.5. The minimum atomic E-state index is -0.785. The van der Waals surface area contributed by atoms with E-state index in [0.29, 0.717) is 6.10 Å². The highest BCUT2D eigenvalue weighted by Gasteiger charge is 2.35. The van der Waals surface area contributed by atoms with Crippen molar-refractivity contribution in [1.82, 2.24) is 0 Å². The van der Waals surface area contributed by atoms with Gasteiger partial charge in [0.2, 0.25) is 0 Å². The maximum atomic E-state index is 12.1. The van der Waals surface area contributed by atoms with Gasteiger partial charge in [0.25, 0.3) is 0 Å². The predicted molar refractivity (Wildman–Crippen MR) is 99.3 cm³/mol. The van der Waals surface area contributed by atoms with Crippen LogP contribution in [-0.2, 0) is 14.3 Å². The van der Waals surface area contributed by atoms with Crippen LogP contribution >= 0.6 is 0 Å². The molecule has 0 aromatic carbocycles. The summed E-state index contributed by atoms with van der Waals surface area (Å²) in [5, 5.41) is 9.28. The van der Waals surface area contributed by atoms with Crippen molar-refractivity contribution in [3.63, 3.8) is 0 Å². The lowest BCUT2D eigenvalue weighted by Crippen LogP contribution is -2.36. The molecule has 1 N–H and O–H groups in total. The van der Waals surface area contributed by atoms with Crippen molar-refractivity contribution >= 4 is 5.97 Å². The Kier molecular flexibility index (Phi) is 8.21. The highest BCUT2D eigenvalue weighted by molar-refractivity contribution is 5.76. The van der Waals surface area contributed by atoms with E-state index in [9.17, 15) is 9.90 Å². The van der Waals surface area contributed by atoms with E-state index in [-0.39, 0.29) is 18.7 Å². The van der Waals surface area contributed by atoms with Crippen LogP contribution in [0.15, 0.2) is 0 Å². The summed E-state index contributed by atoms with van der Waals surface area (Å²) in [5.74, 6) is 1.36. The smallest absolute Gasteiger partial charge is 0.314 e. The summed E-state index contributed by atoms with van der Waals surface area (Å²) >= 11 is 0. The molecule has 0 bridgehead atoms. The van der Waals surface area contributed by atoms with E-state index < -0.39 is 5.41 Å². The van der Waals surface area contributed by atoms with Gasteiger partial charge in [-0.3, -0.25) is 4.79 Å². The molecule has 0 aliphatic heterocycles. The van der Waals surface area contributed by atoms with Gasteiger partial charge in [0.05, 0.1) is 18.1 Å². The number of aliphatic hydroxyl groups is 1. The molecular formula is C21H38O4. The summed E-state index contributed by atoms with van der Waals surface area (Å²) in [5.41, 5.74) is -0.785. The Bertz CT molecular complexity index is 391. The van der Waals surface area contributed by atoms with Gasteiger partial charge in [-0.15, -0.1) is 0 Å². The highest BCUT2D eigenvalue weighted by Crippen LogP contribution is 2.40. The van der Waals surface area contributed by atoms with E-state index in [1.165, 1.54) is 51.4 Å². The minimum Gasteiger partial charge on any atom is -0.462 e. The van der Waals surface area contributed by atoms with Crippen molar-refractivity contribution in [2.45, 2.75) is 97.2 Å². The molecule has 2 fully saturated rings. The largest absolute Gasteiger partial charge is 0.462 e. The molecule has 0 unspecified atom stereocenters. The van der Waals surface area contributed by atoms with Crippen molar-refractivity contribution < 1.29 is 19.4 Å². The molecular weight excluding hydrogens is 316 g/mol. The van der Waals surface area contributed by atoms with Crippen molar-refractivity contribution in [3.8, 4) is 0 Å². The monoisotopic (exact) mass is 354 g/mol. The maximum absolute atomic E-state index is 12.1. The second kappa shape index (κ2) is 9.91. The number of rotatable bonds is 8. The van der Waals surface area contributed by atoms with Crippen LogP contribution in [0.4, 0.5) is 0 Å². The zero-order valence-corrected chi connectivity index (χ0v) is 16.5. The number of carbonyl (C=O) groups is 1. The van der Waals surface area contributed by atoms with Crippen LogP contribution in [0, 0.1) is 17.3 Å². The second-order valence-corrected chi connectivity index (χ2v) is 8.75. The van der Waals surface area contributed by atoms with Crippen LogP contribution in [0.3, 0.4) is 0 Å². The number of esters is 1. The van der Waals surface area contributed by atoms with Crippen LogP contribution < -0.4 is 0 Å². The number of aliphatic hydroxyl groups excluding tert-OH is 1. The van der Waals surface area contributed by atoms with E-state index in [1.807, 2.05) is 0 Å². The zero-order chi connectivity index (χ0) is 18.3. The zero-order valence-electron chi connectivity index (χ0n) is 16.5. The van der Waals surface area contributed by atoms with Gasteiger partial charge in [-0.25, -0.2) is 0 Å². The van der Waals surface area contributed by atoms with Gasteiger partial charge in [-0.05, 0) is 83.5 Å². The molecule has 2 rings (SSSR count). The fraction of sp³-hybridized carbons (Fsp3) is 0.952. The van der Waals surface area contributed by atoms with Crippen LogP contribution in [0.25, 0.3) is 0 Å². The third-order valence-electron chi connectivity index (χ3n) is 6.18. The molecule has 0 atom stereocenters. The molecule has 0 spiro atoms. The molecule has 25 heavy (non-hydrogen) atoms. The molecule has 0 aromatic heterocycles. The Morgan fingerprint density at radius 2 is 1.48 bits per heavy atom. The lowest BCUT2D eigenvalue weighted by molar-refractivity contribution is -0.164. The summed E-state index contributed by atoms with van der Waals surface area (Å²) in [6.45, 7) is 6.44. The fourth-order valence-corrected chi connectivity index (χ4v) is 4.17. The Morgan fingerprint density at radius 1 is 0.960 bits per heavy atom. The van der Waals surface area contributed by atoms with Gasteiger partial charge in [0, 0.05) is 6.61 Å². The molecule has 146 valence electrons. The first kappa shape index (κ1) is 20.7. The van der Waals surface area contributed by atoms with E-state index in [1.54, 1.807) is 13.8 Å². The van der Waals surface area contributed by atoms with Crippen molar-refractivity contribution in [2.24, 2.45) is 17.3 Å². The van der Waals surface area contributed by atoms with Crippen LogP contribution in [0.1, 0.15) is 85.0 Å². The average molecular weight is 355 g/mol. The molecule has 0 saturated heterocycles. The van der Waals surface area contributed by atoms with Crippen LogP contribution in [0.2, 0.25) is 0 Å². The molecule has 2 aliphatic carbocycles. The number of unbranched alkanes of at least 4 members (excludes halogenated alkanes) is 1. The summed E-state index contributed by atoms with van der Waals surface area (Å²) in [6.07, 6.45) is 12.2. The van der Waals surface area contributed by atoms with Gasteiger partial charge in [-0.2, -0.15) is 0 Å². The summed E-state index contributed by atoms with van der Waals surface area (Å²) in [6, 6.07) is 0. The van der Waals surface area contributed by atoms with E-state index in [0.717, 1.165) is 31.3 Å². The fourth-order valence-electron chi connectivity index (χ4n) is 4.17. The summed E-state index contributed by atoms with van der Waals surface area (Å²) in [4.78, 5) is 12.1. The van der Waals surface area contributed by atoms with Crippen molar-refractivity contribution in [1.29, 1.82) is 0 Å². The molecule has 0 amide bonds. The molecule has 0 aromatic rings. The first-order chi connectivity index (χ1) is 12.0. The van der Waals surface area contributed by atoms with Crippen LogP contribution in [0.5, 0.6) is 0 Å². The topological polar surface area (TPSA) is 55.8 Å².